The van der Waals surface area contributed by atoms with Crippen LogP contribution in [-0.4, -0.2) is 24.7 Å². The Morgan fingerprint density at radius 1 is 1.56 bits per heavy atom. The van der Waals surface area contributed by atoms with Crippen molar-refractivity contribution in [2.24, 2.45) is 5.92 Å². The summed E-state index contributed by atoms with van der Waals surface area (Å²) in [5, 5.41) is 3.90. The minimum absolute atomic E-state index is 0.0399. The smallest absolute Gasteiger partial charge is 0.245 e. The number of nitrogens with zero attached hydrogens (tertiary/aromatic N) is 2. The standard InChI is InChI=1S/C9H18N4O2S/c1-4-13-6-8(9(10)12-13)16(14,15)11-5-7(2)3/h6-7,11H,4-5H2,1-3H3,(H2,10,12). The van der Waals surface area contributed by atoms with Crippen LogP contribution < -0.4 is 10.5 Å². The van der Waals surface area contributed by atoms with Gasteiger partial charge in [0.2, 0.25) is 10.0 Å². The Morgan fingerprint density at radius 3 is 2.62 bits per heavy atom. The van der Waals surface area contributed by atoms with Gasteiger partial charge in [0.1, 0.15) is 4.90 Å². The van der Waals surface area contributed by atoms with Crippen molar-refractivity contribution in [3.63, 3.8) is 0 Å². The number of nitrogen functional groups attached to an aromatic ring is 1. The van der Waals surface area contributed by atoms with Crippen molar-refractivity contribution >= 4 is 15.8 Å². The molecule has 6 nitrogen and oxygen atoms in total. The lowest BCUT2D eigenvalue weighted by Gasteiger charge is -2.07. The molecule has 1 aromatic heterocycles. The summed E-state index contributed by atoms with van der Waals surface area (Å²) in [5.74, 6) is 0.287. The summed E-state index contributed by atoms with van der Waals surface area (Å²) in [6.07, 6.45) is 1.44. The zero-order valence-electron chi connectivity index (χ0n) is 9.77. The first-order valence-electron chi connectivity index (χ1n) is 5.19. The van der Waals surface area contributed by atoms with E-state index in [0.717, 1.165) is 0 Å². The third kappa shape index (κ3) is 2.96. The van der Waals surface area contributed by atoms with E-state index in [2.05, 4.69) is 9.82 Å². The van der Waals surface area contributed by atoms with Gasteiger partial charge >= 0.3 is 0 Å². The molecule has 0 aliphatic heterocycles. The highest BCUT2D eigenvalue weighted by atomic mass is 32.2. The number of rotatable bonds is 5. The molecular weight excluding hydrogens is 228 g/mol. The van der Waals surface area contributed by atoms with Crippen molar-refractivity contribution in [2.75, 3.05) is 12.3 Å². The normalized spacial score (nSPS) is 12.2. The number of hydrogen-bond acceptors (Lipinski definition) is 4. The molecule has 0 aliphatic rings. The van der Waals surface area contributed by atoms with Crippen LogP contribution >= 0.6 is 0 Å². The summed E-state index contributed by atoms with van der Waals surface area (Å²) < 4.78 is 27.7. The van der Waals surface area contributed by atoms with E-state index in [4.69, 9.17) is 5.73 Å². The number of nitrogens with two attached hydrogens (primary N) is 1. The van der Waals surface area contributed by atoms with E-state index in [9.17, 15) is 8.42 Å². The molecule has 0 saturated carbocycles. The molecule has 1 aromatic rings. The summed E-state index contributed by atoms with van der Waals surface area (Å²) in [5.41, 5.74) is 5.56. The van der Waals surface area contributed by atoms with E-state index in [0.29, 0.717) is 13.1 Å². The zero-order chi connectivity index (χ0) is 12.3. The van der Waals surface area contributed by atoms with E-state index >= 15 is 0 Å². The molecule has 0 unspecified atom stereocenters. The fraction of sp³-hybridized carbons (Fsp3) is 0.667. The second-order valence-corrected chi connectivity index (χ2v) is 5.72. The molecule has 0 aliphatic carbocycles. The van der Waals surface area contributed by atoms with Gasteiger partial charge in [-0.3, -0.25) is 4.68 Å². The molecule has 0 amide bonds. The predicted octanol–water partition coefficient (Wildman–Crippen LogP) is 0.420. The highest BCUT2D eigenvalue weighted by Crippen LogP contribution is 2.15. The van der Waals surface area contributed by atoms with Gasteiger partial charge < -0.3 is 5.73 Å². The number of sulfonamides is 1. The maximum atomic E-state index is 11.8. The fourth-order valence-electron chi connectivity index (χ4n) is 1.14. The molecule has 92 valence electrons. The van der Waals surface area contributed by atoms with Crippen molar-refractivity contribution in [3.05, 3.63) is 6.20 Å². The van der Waals surface area contributed by atoms with E-state index in [1.165, 1.54) is 10.9 Å². The quantitative estimate of drug-likeness (QED) is 0.788. The van der Waals surface area contributed by atoms with Crippen molar-refractivity contribution in [1.29, 1.82) is 0 Å². The first-order chi connectivity index (χ1) is 7.36. The van der Waals surface area contributed by atoms with Crippen molar-refractivity contribution in [3.8, 4) is 0 Å². The van der Waals surface area contributed by atoms with Gasteiger partial charge in [-0.05, 0) is 12.8 Å². The highest BCUT2D eigenvalue weighted by Gasteiger charge is 2.20. The highest BCUT2D eigenvalue weighted by molar-refractivity contribution is 7.89. The monoisotopic (exact) mass is 246 g/mol. The summed E-state index contributed by atoms with van der Waals surface area (Å²) in [7, 11) is -3.53. The minimum atomic E-state index is -3.53. The van der Waals surface area contributed by atoms with Crippen LogP contribution in [-0.2, 0) is 16.6 Å². The van der Waals surface area contributed by atoms with Crippen LogP contribution in [0.25, 0.3) is 0 Å². The molecule has 3 N–H and O–H groups in total. The molecule has 16 heavy (non-hydrogen) atoms. The van der Waals surface area contributed by atoms with Gasteiger partial charge in [0.05, 0.1) is 0 Å². The summed E-state index contributed by atoms with van der Waals surface area (Å²) in [6, 6.07) is 0. The van der Waals surface area contributed by atoms with Crippen LogP contribution in [0.5, 0.6) is 0 Å². The predicted molar refractivity (Wildman–Crippen MR) is 62.3 cm³/mol. The van der Waals surface area contributed by atoms with E-state index in [-0.39, 0.29) is 16.6 Å². The fourth-order valence-corrected chi connectivity index (χ4v) is 2.43. The third-order valence-corrected chi connectivity index (χ3v) is 3.49. The first kappa shape index (κ1) is 13.0. The summed E-state index contributed by atoms with van der Waals surface area (Å²) >= 11 is 0. The van der Waals surface area contributed by atoms with Crippen molar-refractivity contribution in [2.45, 2.75) is 32.2 Å². The Balaban J connectivity index is 2.93. The summed E-state index contributed by atoms with van der Waals surface area (Å²) in [4.78, 5) is 0.0509. The van der Waals surface area contributed by atoms with Gasteiger partial charge in [-0.1, -0.05) is 13.8 Å². The molecule has 0 aromatic carbocycles. The van der Waals surface area contributed by atoms with Crippen LogP contribution in [0.2, 0.25) is 0 Å². The lowest BCUT2D eigenvalue weighted by molar-refractivity contribution is 0.560. The number of anilines is 1. The van der Waals surface area contributed by atoms with Gasteiger partial charge in [0.15, 0.2) is 5.82 Å². The minimum Gasteiger partial charge on any atom is -0.381 e. The lowest BCUT2D eigenvalue weighted by atomic mass is 10.2. The SMILES string of the molecule is CCn1cc(S(=O)(=O)NCC(C)C)c(N)n1. The van der Waals surface area contributed by atoms with E-state index in [1.807, 2.05) is 20.8 Å². The maximum Gasteiger partial charge on any atom is 0.245 e. The number of aromatic nitrogens is 2. The number of hydrogen-bond donors (Lipinski definition) is 2. The van der Waals surface area contributed by atoms with Gasteiger partial charge in [-0.25, -0.2) is 13.1 Å². The summed E-state index contributed by atoms with van der Waals surface area (Å²) in [6.45, 7) is 6.70. The molecule has 0 saturated heterocycles. The van der Waals surface area contributed by atoms with Crippen LogP contribution in [0.1, 0.15) is 20.8 Å². The number of aryl methyl sites for hydroxylation is 1. The van der Waals surface area contributed by atoms with Crippen LogP contribution in [0.3, 0.4) is 0 Å². The number of nitrogens with one attached hydrogen (secondary N) is 1. The van der Waals surface area contributed by atoms with Gasteiger partial charge in [0.25, 0.3) is 0 Å². The molecule has 0 fully saturated rings. The Kier molecular flexibility index (Phi) is 3.93. The average molecular weight is 246 g/mol. The second kappa shape index (κ2) is 4.84. The van der Waals surface area contributed by atoms with Crippen LogP contribution in [0.4, 0.5) is 5.82 Å². The lowest BCUT2D eigenvalue weighted by Crippen LogP contribution is -2.27. The molecule has 7 heteroatoms. The van der Waals surface area contributed by atoms with Crippen LogP contribution in [0, 0.1) is 5.92 Å². The maximum absolute atomic E-state index is 11.8. The van der Waals surface area contributed by atoms with E-state index < -0.39 is 10.0 Å². The van der Waals surface area contributed by atoms with Gasteiger partial charge in [0, 0.05) is 19.3 Å². The molecular formula is C9H18N4O2S. The van der Waals surface area contributed by atoms with Crippen molar-refractivity contribution in [1.82, 2.24) is 14.5 Å². The van der Waals surface area contributed by atoms with E-state index in [1.54, 1.807) is 0 Å². The van der Waals surface area contributed by atoms with Crippen molar-refractivity contribution < 1.29 is 8.42 Å². The second-order valence-electron chi connectivity index (χ2n) is 3.98. The Labute approximate surface area is 95.9 Å². The molecule has 0 atom stereocenters. The Morgan fingerprint density at radius 2 is 2.19 bits per heavy atom. The Hall–Kier alpha value is -1.08. The third-order valence-electron chi connectivity index (χ3n) is 2.05. The molecule has 1 heterocycles. The average Bonchev–Trinajstić information content (AvgIpc) is 2.57. The zero-order valence-corrected chi connectivity index (χ0v) is 10.6. The van der Waals surface area contributed by atoms with Gasteiger partial charge in [-0.15, -0.1) is 0 Å². The molecule has 1 rings (SSSR count). The largest absolute Gasteiger partial charge is 0.381 e. The topological polar surface area (TPSA) is 90.0 Å². The van der Waals surface area contributed by atoms with Crippen LogP contribution in [0.15, 0.2) is 11.1 Å². The molecule has 0 spiro atoms. The Bertz CT molecular complexity index is 450. The molecule has 0 bridgehead atoms. The first-order valence-corrected chi connectivity index (χ1v) is 6.67. The van der Waals surface area contributed by atoms with Gasteiger partial charge in [-0.2, -0.15) is 5.10 Å². The molecule has 0 radical (unpaired) electrons.